The van der Waals surface area contributed by atoms with Gasteiger partial charge in [0.15, 0.2) is 12.9 Å². The predicted octanol–water partition coefficient (Wildman–Crippen LogP) is -0.749. The Hall–Kier alpha value is -0.460. The predicted molar refractivity (Wildman–Crippen MR) is 49.7 cm³/mol. The number of rotatable bonds is 4. The summed E-state index contributed by atoms with van der Waals surface area (Å²) < 4.78 is 31.3. The highest BCUT2D eigenvalue weighted by Gasteiger charge is 2.16. The Morgan fingerprint density at radius 1 is 1.62 bits per heavy atom. The summed E-state index contributed by atoms with van der Waals surface area (Å²) in [5.74, 6) is -0.152. The van der Waals surface area contributed by atoms with Crippen LogP contribution in [-0.2, 0) is 10.1 Å². The van der Waals surface area contributed by atoms with Gasteiger partial charge in [0.2, 0.25) is 0 Å². The molecule has 0 amide bonds. The highest BCUT2D eigenvalue weighted by atomic mass is 32.2. The van der Waals surface area contributed by atoms with Gasteiger partial charge in [-0.3, -0.25) is 4.55 Å². The van der Waals surface area contributed by atoms with Crippen molar-refractivity contribution >= 4 is 16.3 Å². The topological polar surface area (TPSA) is 60.6 Å². The molecular formula is C7H15N2O3S+. The number of nitrogens with zero attached hydrogens (tertiary/aromatic N) is 2. The van der Waals surface area contributed by atoms with Crippen molar-refractivity contribution in [3.63, 3.8) is 0 Å². The molecule has 0 aliphatic carbocycles. The van der Waals surface area contributed by atoms with E-state index in [0.29, 0.717) is 13.0 Å². The lowest BCUT2D eigenvalue weighted by atomic mass is 10.5. The van der Waals surface area contributed by atoms with Crippen molar-refractivity contribution in [1.29, 1.82) is 0 Å². The normalized spacial score (nSPS) is 19.1. The van der Waals surface area contributed by atoms with Gasteiger partial charge < -0.3 is 0 Å². The Morgan fingerprint density at radius 2 is 2.31 bits per heavy atom. The first-order chi connectivity index (χ1) is 5.97. The summed E-state index contributed by atoms with van der Waals surface area (Å²) in [6.45, 7) is 2.43. The number of hydrogen-bond acceptors (Lipinski definition) is 3. The van der Waals surface area contributed by atoms with Crippen molar-refractivity contribution in [3.8, 4) is 0 Å². The molecule has 0 spiro atoms. The molecule has 0 saturated carbocycles. The monoisotopic (exact) mass is 207 g/mol. The van der Waals surface area contributed by atoms with E-state index in [1.54, 1.807) is 0 Å². The van der Waals surface area contributed by atoms with E-state index in [4.69, 9.17) is 4.55 Å². The largest absolute Gasteiger partial charge is 0.286 e. The fourth-order valence-corrected chi connectivity index (χ4v) is 1.79. The molecule has 0 aromatic heterocycles. The average molecular weight is 207 g/mol. The van der Waals surface area contributed by atoms with E-state index >= 15 is 0 Å². The fourth-order valence-electron chi connectivity index (χ4n) is 1.29. The standard InChI is InChI=1S/C7H14N2O3S/c1-8-4-5-9(7-8)3-2-6-13(10,11)12/h5H,2-4,6-7H2,1H3/p+1. The van der Waals surface area contributed by atoms with Gasteiger partial charge in [-0.25, -0.2) is 9.48 Å². The summed E-state index contributed by atoms with van der Waals surface area (Å²) in [6, 6.07) is 0. The minimum atomic E-state index is -3.78. The van der Waals surface area contributed by atoms with Crippen LogP contribution >= 0.6 is 0 Å². The molecule has 76 valence electrons. The molecule has 0 atom stereocenters. The van der Waals surface area contributed by atoms with Crippen LogP contribution in [0.15, 0.2) is 0 Å². The van der Waals surface area contributed by atoms with Crippen LogP contribution in [0.2, 0.25) is 0 Å². The summed E-state index contributed by atoms with van der Waals surface area (Å²) in [5.41, 5.74) is 0. The first kappa shape index (κ1) is 10.6. The summed E-state index contributed by atoms with van der Waals surface area (Å²) in [7, 11) is -1.78. The van der Waals surface area contributed by atoms with E-state index in [9.17, 15) is 8.42 Å². The summed E-state index contributed by atoms with van der Waals surface area (Å²) in [6.07, 6.45) is 2.51. The molecule has 1 aliphatic rings. The van der Waals surface area contributed by atoms with Crippen LogP contribution in [0.1, 0.15) is 6.42 Å². The van der Waals surface area contributed by atoms with Gasteiger partial charge in [-0.1, -0.05) is 0 Å². The van der Waals surface area contributed by atoms with Crippen LogP contribution in [0.5, 0.6) is 0 Å². The van der Waals surface area contributed by atoms with Crippen molar-refractivity contribution in [2.45, 2.75) is 6.42 Å². The Kier molecular flexibility index (Phi) is 3.40. The Labute approximate surface area is 78.4 Å². The molecule has 5 nitrogen and oxygen atoms in total. The summed E-state index contributed by atoms with van der Waals surface area (Å²) in [5, 5.41) is 0. The molecule has 0 bridgehead atoms. The molecule has 0 aromatic rings. The lowest BCUT2D eigenvalue weighted by molar-refractivity contribution is -0.530. The highest BCUT2D eigenvalue weighted by molar-refractivity contribution is 7.85. The van der Waals surface area contributed by atoms with E-state index in [1.807, 2.05) is 17.8 Å². The smallest absolute Gasteiger partial charge is 0.265 e. The second-order valence-corrected chi connectivity index (χ2v) is 4.89. The third kappa shape index (κ3) is 4.35. The van der Waals surface area contributed by atoms with E-state index < -0.39 is 10.1 Å². The molecule has 6 heteroatoms. The molecule has 1 rings (SSSR count). The Bertz CT molecular complexity index is 297. The van der Waals surface area contributed by atoms with Crippen LogP contribution in [0.25, 0.3) is 0 Å². The molecule has 0 aromatic carbocycles. The summed E-state index contributed by atoms with van der Waals surface area (Å²) in [4.78, 5) is 2.12. The van der Waals surface area contributed by atoms with Crippen LogP contribution < -0.4 is 0 Å². The molecular weight excluding hydrogens is 192 g/mol. The van der Waals surface area contributed by atoms with Crippen molar-refractivity contribution in [1.82, 2.24) is 4.90 Å². The molecule has 0 fully saturated rings. The SMILES string of the molecule is CN1CC=[N+](CCCS(=O)(=O)O)C1. The van der Waals surface area contributed by atoms with Crippen LogP contribution in [0.3, 0.4) is 0 Å². The van der Waals surface area contributed by atoms with Gasteiger partial charge in [-0.15, -0.1) is 0 Å². The Balaban J connectivity index is 2.21. The van der Waals surface area contributed by atoms with Crippen molar-refractivity contribution in [2.75, 3.05) is 32.6 Å². The van der Waals surface area contributed by atoms with E-state index in [2.05, 4.69) is 4.90 Å². The van der Waals surface area contributed by atoms with Gasteiger partial charge in [-0.05, 0) is 7.05 Å². The first-order valence-corrected chi connectivity index (χ1v) is 5.79. The minimum Gasteiger partial charge on any atom is -0.286 e. The molecule has 13 heavy (non-hydrogen) atoms. The van der Waals surface area contributed by atoms with E-state index in [1.165, 1.54) is 0 Å². The van der Waals surface area contributed by atoms with Crippen molar-refractivity contribution in [2.24, 2.45) is 0 Å². The Morgan fingerprint density at radius 3 is 2.77 bits per heavy atom. The lowest BCUT2D eigenvalue weighted by Gasteiger charge is -2.01. The lowest BCUT2D eigenvalue weighted by Crippen LogP contribution is -2.21. The minimum absolute atomic E-state index is 0.152. The van der Waals surface area contributed by atoms with Gasteiger partial charge in [0.05, 0.1) is 12.3 Å². The second kappa shape index (κ2) is 4.17. The van der Waals surface area contributed by atoms with E-state index in [-0.39, 0.29) is 5.75 Å². The van der Waals surface area contributed by atoms with E-state index in [0.717, 1.165) is 13.2 Å². The van der Waals surface area contributed by atoms with Gasteiger partial charge in [0, 0.05) is 6.42 Å². The van der Waals surface area contributed by atoms with Gasteiger partial charge in [-0.2, -0.15) is 8.42 Å². The molecule has 1 aliphatic heterocycles. The third-order valence-corrected chi connectivity index (χ3v) is 2.73. The summed E-state index contributed by atoms with van der Waals surface area (Å²) >= 11 is 0. The third-order valence-electron chi connectivity index (χ3n) is 1.92. The van der Waals surface area contributed by atoms with Crippen LogP contribution in [0, 0.1) is 0 Å². The molecule has 0 saturated heterocycles. The maximum atomic E-state index is 10.4. The maximum Gasteiger partial charge on any atom is 0.265 e. The average Bonchev–Trinajstić information content (AvgIpc) is 2.33. The van der Waals surface area contributed by atoms with Crippen molar-refractivity contribution < 1.29 is 17.5 Å². The van der Waals surface area contributed by atoms with Crippen molar-refractivity contribution in [3.05, 3.63) is 0 Å². The van der Waals surface area contributed by atoms with Gasteiger partial charge in [0.25, 0.3) is 10.1 Å². The van der Waals surface area contributed by atoms with Crippen LogP contribution in [0.4, 0.5) is 0 Å². The maximum absolute atomic E-state index is 10.4. The second-order valence-electron chi connectivity index (χ2n) is 3.31. The highest BCUT2D eigenvalue weighted by Crippen LogP contribution is 1.94. The molecule has 0 unspecified atom stereocenters. The molecule has 1 heterocycles. The van der Waals surface area contributed by atoms with Crippen LogP contribution in [-0.4, -0.2) is 61.2 Å². The first-order valence-electron chi connectivity index (χ1n) is 4.18. The van der Waals surface area contributed by atoms with Gasteiger partial charge >= 0.3 is 0 Å². The fraction of sp³-hybridized carbons (Fsp3) is 0.857. The zero-order valence-corrected chi connectivity index (χ0v) is 8.50. The number of hydrogen-bond donors (Lipinski definition) is 1. The quantitative estimate of drug-likeness (QED) is 0.487. The molecule has 1 N–H and O–H groups in total. The van der Waals surface area contributed by atoms with Gasteiger partial charge in [0.1, 0.15) is 6.54 Å². The zero-order chi connectivity index (χ0) is 9.90. The molecule has 0 radical (unpaired) electrons. The zero-order valence-electron chi connectivity index (χ0n) is 7.68.